The molecule has 0 bridgehead atoms. The second kappa shape index (κ2) is 14.5. The molecule has 1 aliphatic rings. The predicted octanol–water partition coefficient (Wildman–Crippen LogP) is 3.17. The third-order valence-electron chi connectivity index (χ3n) is 6.33. The molecule has 0 saturated carbocycles. The Kier molecular flexibility index (Phi) is 11.1. The van der Waals surface area contributed by atoms with Gasteiger partial charge in [0, 0.05) is 32.7 Å². The lowest BCUT2D eigenvalue weighted by Gasteiger charge is -2.22. The lowest BCUT2D eigenvalue weighted by molar-refractivity contribution is -0.133. The van der Waals surface area contributed by atoms with Gasteiger partial charge in [-0.25, -0.2) is 4.79 Å². The molecule has 3 aromatic rings. The maximum atomic E-state index is 12.6. The average Bonchev–Trinajstić information content (AvgIpc) is 3.22. The smallest absolute Gasteiger partial charge is 0.408 e. The number of aromatic nitrogens is 1. The SMILES string of the molecule is CC.CN(C)CCn1c(=O)oc2ccc(-c3ccc(CC(C#N)NC(=O)C4CNCCCCO4)cc3)cc21. The highest BCUT2D eigenvalue weighted by molar-refractivity contribution is 5.82. The molecule has 0 aliphatic carbocycles. The average molecular weight is 522 g/mol. The molecule has 204 valence electrons. The highest BCUT2D eigenvalue weighted by atomic mass is 16.5. The van der Waals surface area contributed by atoms with E-state index in [4.69, 9.17) is 9.15 Å². The number of carbonyl (C=O) groups excluding carboxylic acids is 1. The number of nitriles is 1. The summed E-state index contributed by atoms with van der Waals surface area (Å²) in [5.74, 6) is -0.620. The van der Waals surface area contributed by atoms with Crippen LogP contribution in [0, 0.1) is 11.3 Å². The van der Waals surface area contributed by atoms with E-state index in [2.05, 4.69) is 16.7 Å². The van der Waals surface area contributed by atoms with Gasteiger partial charge in [-0.15, -0.1) is 0 Å². The second-order valence-electron chi connectivity index (χ2n) is 9.37. The fourth-order valence-electron chi connectivity index (χ4n) is 4.25. The van der Waals surface area contributed by atoms with E-state index in [1.165, 1.54) is 0 Å². The van der Waals surface area contributed by atoms with Crippen molar-refractivity contribution in [1.29, 1.82) is 5.26 Å². The summed E-state index contributed by atoms with van der Waals surface area (Å²) in [5, 5.41) is 15.6. The Morgan fingerprint density at radius 1 is 1.18 bits per heavy atom. The molecule has 2 atom stereocenters. The highest BCUT2D eigenvalue weighted by Crippen LogP contribution is 2.25. The molecule has 1 fully saturated rings. The Bertz CT molecular complexity index is 1260. The number of carbonyl (C=O) groups is 1. The molecule has 2 unspecified atom stereocenters. The fraction of sp³-hybridized carbons (Fsp3) is 0.483. The first-order valence-electron chi connectivity index (χ1n) is 13.3. The molecule has 1 aromatic heterocycles. The van der Waals surface area contributed by atoms with Crippen LogP contribution in [0.15, 0.2) is 51.7 Å². The maximum Gasteiger partial charge on any atom is 0.419 e. The first kappa shape index (κ1) is 29.1. The standard InChI is InChI=1S/C27H33N5O4.C2H6/c1-31(2)12-13-32-23-16-21(9-10-24(23)36-27(32)34)20-7-5-19(6-8-20)15-22(17-28)30-26(33)25-18-29-11-3-4-14-35-25;1-2/h5-10,16,22,25,29H,3-4,11-15,18H2,1-2H3,(H,30,33);1-2H3. The number of hydrogen-bond acceptors (Lipinski definition) is 7. The molecule has 1 saturated heterocycles. The largest absolute Gasteiger partial charge is 0.419 e. The number of amides is 1. The number of hydrogen-bond donors (Lipinski definition) is 2. The van der Waals surface area contributed by atoms with E-state index in [1.807, 2.05) is 75.3 Å². The van der Waals surface area contributed by atoms with Crippen LogP contribution < -0.4 is 16.4 Å². The van der Waals surface area contributed by atoms with E-state index in [0.29, 0.717) is 31.7 Å². The third-order valence-corrected chi connectivity index (χ3v) is 6.33. The summed E-state index contributed by atoms with van der Waals surface area (Å²) >= 11 is 0. The molecule has 2 N–H and O–H groups in total. The molecule has 4 rings (SSSR count). The van der Waals surface area contributed by atoms with Crippen LogP contribution in [0.5, 0.6) is 0 Å². The van der Waals surface area contributed by atoms with Crippen LogP contribution in [0.2, 0.25) is 0 Å². The van der Waals surface area contributed by atoms with Gasteiger partial charge in [0.05, 0.1) is 11.6 Å². The molecule has 1 amide bonds. The summed E-state index contributed by atoms with van der Waals surface area (Å²) in [6.07, 6.45) is 1.74. The minimum atomic E-state index is -0.647. The Morgan fingerprint density at radius 3 is 2.63 bits per heavy atom. The number of rotatable bonds is 8. The molecular weight excluding hydrogens is 482 g/mol. The number of ether oxygens (including phenoxy) is 1. The van der Waals surface area contributed by atoms with Crippen molar-refractivity contribution in [2.45, 2.75) is 51.8 Å². The van der Waals surface area contributed by atoms with Crippen molar-refractivity contribution in [1.82, 2.24) is 20.1 Å². The minimum Gasteiger partial charge on any atom is -0.408 e. The van der Waals surface area contributed by atoms with E-state index in [9.17, 15) is 14.9 Å². The lowest BCUT2D eigenvalue weighted by atomic mass is 10.0. The van der Waals surface area contributed by atoms with Crippen LogP contribution in [0.3, 0.4) is 0 Å². The van der Waals surface area contributed by atoms with Gasteiger partial charge in [-0.1, -0.05) is 44.2 Å². The number of nitrogens with one attached hydrogen (secondary N) is 2. The Balaban J connectivity index is 0.00000195. The van der Waals surface area contributed by atoms with Gasteiger partial charge < -0.3 is 24.7 Å². The van der Waals surface area contributed by atoms with Gasteiger partial charge in [-0.3, -0.25) is 9.36 Å². The summed E-state index contributed by atoms with van der Waals surface area (Å²) in [6.45, 7) is 7.14. The van der Waals surface area contributed by atoms with Crippen LogP contribution in [0.4, 0.5) is 0 Å². The van der Waals surface area contributed by atoms with Crippen LogP contribution in [-0.4, -0.2) is 67.9 Å². The van der Waals surface area contributed by atoms with Crippen molar-refractivity contribution in [3.63, 3.8) is 0 Å². The van der Waals surface area contributed by atoms with E-state index in [1.54, 1.807) is 4.57 Å². The van der Waals surface area contributed by atoms with E-state index >= 15 is 0 Å². The van der Waals surface area contributed by atoms with Crippen LogP contribution in [0.25, 0.3) is 22.2 Å². The summed E-state index contributed by atoms with van der Waals surface area (Å²) in [5.41, 5.74) is 4.22. The molecule has 2 aromatic carbocycles. The summed E-state index contributed by atoms with van der Waals surface area (Å²) in [4.78, 5) is 26.9. The monoisotopic (exact) mass is 521 g/mol. The van der Waals surface area contributed by atoms with Crippen LogP contribution in [0.1, 0.15) is 32.3 Å². The van der Waals surface area contributed by atoms with Crippen molar-refractivity contribution in [3.05, 3.63) is 58.6 Å². The number of nitrogens with zero attached hydrogens (tertiary/aromatic N) is 3. The van der Waals surface area contributed by atoms with Crippen molar-refractivity contribution in [2.75, 3.05) is 40.3 Å². The van der Waals surface area contributed by atoms with Gasteiger partial charge in [0.2, 0.25) is 0 Å². The Hall–Kier alpha value is -3.45. The third kappa shape index (κ3) is 7.78. The van der Waals surface area contributed by atoms with Gasteiger partial charge in [0.1, 0.15) is 12.1 Å². The lowest BCUT2D eigenvalue weighted by Crippen LogP contribution is -2.47. The zero-order valence-corrected chi connectivity index (χ0v) is 22.8. The van der Waals surface area contributed by atoms with Crippen molar-refractivity contribution in [2.24, 2.45) is 0 Å². The molecule has 38 heavy (non-hydrogen) atoms. The van der Waals surface area contributed by atoms with Crippen LogP contribution in [-0.2, 0) is 22.5 Å². The van der Waals surface area contributed by atoms with Gasteiger partial charge in [0.25, 0.3) is 5.91 Å². The van der Waals surface area contributed by atoms with Gasteiger partial charge in [0.15, 0.2) is 5.58 Å². The fourth-order valence-corrected chi connectivity index (χ4v) is 4.25. The molecule has 1 aliphatic heterocycles. The zero-order valence-electron chi connectivity index (χ0n) is 22.8. The number of benzene rings is 2. The second-order valence-corrected chi connectivity index (χ2v) is 9.37. The molecule has 9 heteroatoms. The van der Waals surface area contributed by atoms with Crippen molar-refractivity contribution in [3.8, 4) is 17.2 Å². The minimum absolute atomic E-state index is 0.263. The first-order valence-corrected chi connectivity index (χ1v) is 13.3. The summed E-state index contributed by atoms with van der Waals surface area (Å²) in [7, 11) is 3.93. The number of likely N-dealkylation sites (N-methyl/N-ethyl adjacent to an activating group) is 1. The number of oxazole rings is 1. The summed E-state index contributed by atoms with van der Waals surface area (Å²) < 4.78 is 12.7. The first-order chi connectivity index (χ1) is 18.4. The maximum absolute atomic E-state index is 12.6. The Labute approximate surface area is 224 Å². The van der Waals surface area contributed by atoms with Crippen molar-refractivity contribution < 1.29 is 13.9 Å². The van der Waals surface area contributed by atoms with Gasteiger partial charge in [-0.2, -0.15) is 5.26 Å². The summed E-state index contributed by atoms with van der Waals surface area (Å²) in [6, 6.07) is 15.1. The molecule has 2 heterocycles. The number of fused-ring (bicyclic) bond motifs is 1. The zero-order chi connectivity index (χ0) is 27.5. The molecule has 0 radical (unpaired) electrons. The normalized spacial score (nSPS) is 16.6. The molecule has 0 spiro atoms. The quantitative estimate of drug-likeness (QED) is 0.468. The van der Waals surface area contributed by atoms with Gasteiger partial charge >= 0.3 is 5.76 Å². The molecule has 9 nitrogen and oxygen atoms in total. The van der Waals surface area contributed by atoms with Crippen LogP contribution >= 0.6 is 0 Å². The van der Waals surface area contributed by atoms with E-state index in [0.717, 1.165) is 48.1 Å². The van der Waals surface area contributed by atoms with Crippen molar-refractivity contribution >= 4 is 17.0 Å². The predicted molar refractivity (Wildman–Crippen MR) is 149 cm³/mol. The van der Waals surface area contributed by atoms with E-state index in [-0.39, 0.29) is 11.7 Å². The topological polar surface area (TPSA) is 113 Å². The molecular formula is C29H39N5O4. The van der Waals surface area contributed by atoms with E-state index < -0.39 is 12.1 Å². The Morgan fingerprint density at radius 2 is 1.92 bits per heavy atom. The highest BCUT2D eigenvalue weighted by Gasteiger charge is 2.23. The van der Waals surface area contributed by atoms with Gasteiger partial charge in [-0.05, 0) is 62.3 Å².